The van der Waals surface area contributed by atoms with Crippen LogP contribution >= 0.6 is 0 Å². The van der Waals surface area contributed by atoms with Crippen LogP contribution in [0.5, 0.6) is 0 Å². The zero-order valence-corrected chi connectivity index (χ0v) is 13.0. The maximum atomic E-state index is 11.8. The molecule has 0 spiro atoms. The molecule has 20 heavy (non-hydrogen) atoms. The summed E-state index contributed by atoms with van der Waals surface area (Å²) in [5, 5.41) is 6.09. The number of rotatable bonds is 7. The molecule has 0 aliphatic heterocycles. The van der Waals surface area contributed by atoms with Crippen molar-refractivity contribution in [3.8, 4) is 0 Å². The second kappa shape index (κ2) is 7.67. The highest BCUT2D eigenvalue weighted by atomic mass is 16.2. The Hall–Kier alpha value is -1.85. The Bertz CT molecular complexity index is 447. The third kappa shape index (κ3) is 4.68. The van der Waals surface area contributed by atoms with Crippen LogP contribution in [0.15, 0.2) is 6.33 Å². The Kier molecular flexibility index (Phi) is 6.21. The minimum absolute atomic E-state index is 0.00390. The van der Waals surface area contributed by atoms with Crippen molar-refractivity contribution in [3.63, 3.8) is 0 Å². The van der Waals surface area contributed by atoms with E-state index in [9.17, 15) is 4.79 Å². The zero-order valence-electron chi connectivity index (χ0n) is 13.0. The third-order valence-corrected chi connectivity index (χ3v) is 2.85. The largest absolute Gasteiger partial charge is 0.370 e. The van der Waals surface area contributed by atoms with Gasteiger partial charge in [-0.25, -0.2) is 9.97 Å². The van der Waals surface area contributed by atoms with Gasteiger partial charge in [-0.15, -0.1) is 0 Å². The van der Waals surface area contributed by atoms with Crippen LogP contribution < -0.4 is 15.5 Å². The monoisotopic (exact) mass is 279 g/mol. The summed E-state index contributed by atoms with van der Waals surface area (Å²) < 4.78 is 0. The highest BCUT2D eigenvalue weighted by Crippen LogP contribution is 2.20. The number of amides is 1. The Morgan fingerprint density at radius 3 is 2.70 bits per heavy atom. The van der Waals surface area contributed by atoms with Gasteiger partial charge in [0.25, 0.3) is 0 Å². The van der Waals surface area contributed by atoms with Crippen LogP contribution in [-0.2, 0) is 4.79 Å². The minimum Gasteiger partial charge on any atom is -0.370 e. The number of aromatic nitrogens is 2. The van der Waals surface area contributed by atoms with Crippen molar-refractivity contribution in [1.82, 2.24) is 15.3 Å². The molecular weight excluding hydrogens is 254 g/mol. The summed E-state index contributed by atoms with van der Waals surface area (Å²) in [6.07, 6.45) is 1.52. The molecule has 0 unspecified atom stereocenters. The Balaban J connectivity index is 2.69. The minimum atomic E-state index is 0.00390. The van der Waals surface area contributed by atoms with Gasteiger partial charge in [0, 0.05) is 25.7 Å². The molecule has 0 saturated heterocycles. The first kappa shape index (κ1) is 16.2. The lowest BCUT2D eigenvalue weighted by atomic mass is 10.2. The first-order chi connectivity index (χ1) is 9.45. The second-order valence-electron chi connectivity index (χ2n) is 5.26. The predicted octanol–water partition coefficient (Wildman–Crippen LogP) is 1.43. The molecule has 1 aromatic rings. The van der Waals surface area contributed by atoms with Gasteiger partial charge in [-0.1, -0.05) is 13.8 Å². The molecule has 6 heteroatoms. The maximum Gasteiger partial charge on any atom is 0.239 e. The number of carbonyl (C=O) groups is 1. The van der Waals surface area contributed by atoms with Crippen LogP contribution in [0.2, 0.25) is 0 Å². The number of nitrogens with one attached hydrogen (secondary N) is 2. The van der Waals surface area contributed by atoms with Gasteiger partial charge in [0.1, 0.15) is 18.0 Å². The fourth-order valence-corrected chi connectivity index (χ4v) is 1.84. The van der Waals surface area contributed by atoms with Gasteiger partial charge in [0.15, 0.2) is 0 Å². The van der Waals surface area contributed by atoms with Crippen molar-refractivity contribution in [2.45, 2.75) is 27.7 Å². The van der Waals surface area contributed by atoms with Crippen LogP contribution in [0.1, 0.15) is 26.3 Å². The molecule has 0 bridgehead atoms. The Morgan fingerprint density at radius 2 is 2.10 bits per heavy atom. The molecule has 0 fully saturated rings. The van der Waals surface area contributed by atoms with E-state index in [2.05, 4.69) is 34.4 Å². The molecule has 0 atom stereocenters. The van der Waals surface area contributed by atoms with Crippen LogP contribution in [0.25, 0.3) is 0 Å². The average Bonchev–Trinajstić information content (AvgIpc) is 2.39. The highest BCUT2D eigenvalue weighted by Gasteiger charge is 2.13. The number of carbonyl (C=O) groups excluding carboxylic acids is 1. The van der Waals surface area contributed by atoms with Crippen molar-refractivity contribution < 1.29 is 4.79 Å². The molecule has 112 valence electrons. The molecule has 1 aromatic heterocycles. The van der Waals surface area contributed by atoms with Crippen LogP contribution in [0.3, 0.4) is 0 Å². The van der Waals surface area contributed by atoms with Gasteiger partial charge in [-0.3, -0.25) is 4.79 Å². The SMILES string of the molecule is CCNc1ncnc(N(C)CC(=O)NCC(C)C)c1C. The molecular formula is C14H25N5O. The van der Waals surface area contributed by atoms with E-state index in [-0.39, 0.29) is 12.5 Å². The third-order valence-electron chi connectivity index (χ3n) is 2.85. The number of likely N-dealkylation sites (N-methyl/N-ethyl adjacent to an activating group) is 1. The summed E-state index contributed by atoms with van der Waals surface area (Å²) >= 11 is 0. The van der Waals surface area contributed by atoms with E-state index in [1.807, 2.05) is 25.8 Å². The van der Waals surface area contributed by atoms with Crippen molar-refractivity contribution in [2.75, 3.05) is 36.9 Å². The van der Waals surface area contributed by atoms with Gasteiger partial charge < -0.3 is 15.5 Å². The van der Waals surface area contributed by atoms with E-state index < -0.39 is 0 Å². The molecule has 0 saturated carbocycles. The lowest BCUT2D eigenvalue weighted by Crippen LogP contribution is -2.37. The Morgan fingerprint density at radius 1 is 1.40 bits per heavy atom. The summed E-state index contributed by atoms with van der Waals surface area (Å²) in [4.78, 5) is 22.1. The maximum absolute atomic E-state index is 11.8. The highest BCUT2D eigenvalue weighted by molar-refractivity contribution is 5.81. The van der Waals surface area contributed by atoms with Crippen LogP contribution in [0.4, 0.5) is 11.6 Å². The lowest BCUT2D eigenvalue weighted by molar-refractivity contribution is -0.119. The summed E-state index contributed by atoms with van der Waals surface area (Å²) in [6.45, 7) is 9.90. The molecule has 1 heterocycles. The molecule has 2 N–H and O–H groups in total. The summed E-state index contributed by atoms with van der Waals surface area (Å²) in [7, 11) is 1.86. The van der Waals surface area contributed by atoms with Crippen molar-refractivity contribution >= 4 is 17.5 Å². The van der Waals surface area contributed by atoms with Gasteiger partial charge >= 0.3 is 0 Å². The molecule has 6 nitrogen and oxygen atoms in total. The molecule has 0 aliphatic carbocycles. The normalized spacial score (nSPS) is 10.5. The van der Waals surface area contributed by atoms with Gasteiger partial charge in [-0.05, 0) is 19.8 Å². The molecule has 0 aliphatic rings. The lowest BCUT2D eigenvalue weighted by Gasteiger charge is -2.21. The van der Waals surface area contributed by atoms with E-state index >= 15 is 0 Å². The number of nitrogens with zero attached hydrogens (tertiary/aromatic N) is 3. The van der Waals surface area contributed by atoms with E-state index in [4.69, 9.17) is 0 Å². The van der Waals surface area contributed by atoms with E-state index in [0.29, 0.717) is 12.5 Å². The second-order valence-corrected chi connectivity index (χ2v) is 5.26. The number of hydrogen-bond acceptors (Lipinski definition) is 5. The molecule has 0 aromatic carbocycles. The van der Waals surface area contributed by atoms with Gasteiger partial charge in [0.05, 0.1) is 6.54 Å². The topological polar surface area (TPSA) is 70.2 Å². The Labute approximate surface area is 121 Å². The summed E-state index contributed by atoms with van der Waals surface area (Å²) in [5.74, 6) is 2.04. The smallest absolute Gasteiger partial charge is 0.239 e. The molecule has 1 rings (SSSR count). The van der Waals surface area contributed by atoms with Gasteiger partial charge in [0.2, 0.25) is 5.91 Å². The number of hydrogen-bond donors (Lipinski definition) is 2. The van der Waals surface area contributed by atoms with E-state index in [1.54, 1.807) is 0 Å². The fraction of sp³-hybridized carbons (Fsp3) is 0.643. The summed E-state index contributed by atoms with van der Waals surface area (Å²) in [5.41, 5.74) is 0.952. The summed E-state index contributed by atoms with van der Waals surface area (Å²) in [6, 6.07) is 0. The zero-order chi connectivity index (χ0) is 15.1. The first-order valence-electron chi connectivity index (χ1n) is 6.99. The van der Waals surface area contributed by atoms with Crippen molar-refractivity contribution in [3.05, 3.63) is 11.9 Å². The quantitative estimate of drug-likeness (QED) is 0.790. The molecule has 0 radical (unpaired) electrons. The average molecular weight is 279 g/mol. The van der Waals surface area contributed by atoms with Gasteiger partial charge in [-0.2, -0.15) is 0 Å². The predicted molar refractivity (Wildman–Crippen MR) is 82.1 cm³/mol. The number of anilines is 2. The van der Waals surface area contributed by atoms with Crippen LogP contribution in [0, 0.1) is 12.8 Å². The van der Waals surface area contributed by atoms with E-state index in [1.165, 1.54) is 6.33 Å². The van der Waals surface area contributed by atoms with Crippen molar-refractivity contribution in [2.24, 2.45) is 5.92 Å². The standard InChI is InChI=1S/C14H25N5O/c1-6-15-13-11(4)14(18-9-17-13)19(5)8-12(20)16-7-10(2)3/h9-10H,6-8H2,1-5H3,(H,16,20)(H,15,17,18). The van der Waals surface area contributed by atoms with Crippen LogP contribution in [-0.4, -0.2) is 42.6 Å². The fourth-order valence-electron chi connectivity index (χ4n) is 1.84. The van der Waals surface area contributed by atoms with Crippen molar-refractivity contribution in [1.29, 1.82) is 0 Å². The molecule has 1 amide bonds. The first-order valence-corrected chi connectivity index (χ1v) is 6.99. The van der Waals surface area contributed by atoms with E-state index in [0.717, 1.165) is 23.7 Å².